The molecule has 1 aromatic carbocycles. The molecule has 0 radical (unpaired) electrons. The van der Waals surface area contributed by atoms with E-state index in [2.05, 4.69) is 38.3 Å². The van der Waals surface area contributed by atoms with Gasteiger partial charge >= 0.3 is 0 Å². The highest BCUT2D eigenvalue weighted by Crippen LogP contribution is 2.45. The van der Waals surface area contributed by atoms with Gasteiger partial charge in [-0.2, -0.15) is 0 Å². The van der Waals surface area contributed by atoms with Crippen LogP contribution in [0.15, 0.2) is 53.0 Å². The summed E-state index contributed by atoms with van der Waals surface area (Å²) >= 11 is 3.24. The average molecular weight is 425 g/mol. The number of rotatable bonds is 6. The Balaban J connectivity index is 1.49. The Labute approximate surface area is 179 Å². The first-order valence-electron chi connectivity index (χ1n) is 10.3. The summed E-state index contributed by atoms with van der Waals surface area (Å²) in [6, 6.07) is 14.7. The quantitative estimate of drug-likeness (QED) is 0.511. The molecule has 1 amide bonds. The van der Waals surface area contributed by atoms with Crippen molar-refractivity contribution in [2.24, 2.45) is 0 Å². The summed E-state index contributed by atoms with van der Waals surface area (Å²) in [6.45, 7) is 1.72. The maximum absolute atomic E-state index is 13.5. The molecule has 1 saturated carbocycles. The minimum absolute atomic E-state index is 0.198. The standard InChI is InChI=1S/C22H24N4OS2/c27-21(25-13-5-2-6-14-25)19(16-8-3-1-4-9-16)29-22-24-23-20(18-10-7-15-28-18)26(22)17-11-12-17/h1,3-4,7-10,15,17,19H,2,5-6,11-14H2/t19-/m0/s1. The number of carbonyl (C=O) groups excluding carboxylic acids is 1. The van der Waals surface area contributed by atoms with Crippen molar-refractivity contribution in [3.05, 3.63) is 53.4 Å². The Morgan fingerprint density at radius 3 is 2.52 bits per heavy atom. The summed E-state index contributed by atoms with van der Waals surface area (Å²) in [5.74, 6) is 1.13. The maximum atomic E-state index is 13.5. The van der Waals surface area contributed by atoms with Crippen LogP contribution < -0.4 is 0 Å². The fraction of sp³-hybridized carbons (Fsp3) is 0.409. The highest BCUT2D eigenvalue weighted by molar-refractivity contribution is 8.00. The predicted octanol–water partition coefficient (Wildman–Crippen LogP) is 5.19. The molecular formula is C22H24N4OS2. The van der Waals surface area contributed by atoms with Crippen molar-refractivity contribution < 1.29 is 4.79 Å². The first kappa shape index (κ1) is 18.9. The van der Waals surface area contributed by atoms with Crippen LogP contribution in [0.1, 0.15) is 49.0 Å². The fourth-order valence-electron chi connectivity index (χ4n) is 3.87. The van der Waals surface area contributed by atoms with Gasteiger partial charge in [-0.1, -0.05) is 48.2 Å². The van der Waals surface area contributed by atoms with E-state index in [1.54, 1.807) is 23.1 Å². The van der Waals surface area contributed by atoms with Crippen LogP contribution in [-0.2, 0) is 4.79 Å². The van der Waals surface area contributed by atoms with E-state index in [4.69, 9.17) is 0 Å². The Morgan fingerprint density at radius 2 is 1.83 bits per heavy atom. The van der Waals surface area contributed by atoms with E-state index in [-0.39, 0.29) is 11.2 Å². The van der Waals surface area contributed by atoms with Gasteiger partial charge in [0.15, 0.2) is 11.0 Å². The summed E-state index contributed by atoms with van der Waals surface area (Å²) in [5.41, 5.74) is 1.04. The van der Waals surface area contributed by atoms with Crippen LogP contribution in [0.4, 0.5) is 0 Å². The summed E-state index contributed by atoms with van der Waals surface area (Å²) in [6.07, 6.45) is 5.71. The zero-order chi connectivity index (χ0) is 19.6. The van der Waals surface area contributed by atoms with Crippen LogP contribution in [0.5, 0.6) is 0 Å². The van der Waals surface area contributed by atoms with E-state index in [0.29, 0.717) is 6.04 Å². The number of hydrogen-bond acceptors (Lipinski definition) is 5. The molecule has 1 aliphatic heterocycles. The molecule has 3 aromatic rings. The molecule has 1 saturated heterocycles. The van der Waals surface area contributed by atoms with Crippen molar-refractivity contribution in [3.8, 4) is 10.7 Å². The molecule has 5 rings (SSSR count). The van der Waals surface area contributed by atoms with Gasteiger partial charge in [-0.25, -0.2) is 0 Å². The number of likely N-dealkylation sites (tertiary alicyclic amines) is 1. The van der Waals surface area contributed by atoms with Crippen molar-refractivity contribution in [1.29, 1.82) is 0 Å². The molecule has 1 aliphatic carbocycles. The van der Waals surface area contributed by atoms with Gasteiger partial charge in [-0.15, -0.1) is 21.5 Å². The van der Waals surface area contributed by atoms with E-state index in [9.17, 15) is 4.79 Å². The Kier molecular flexibility index (Phi) is 5.42. The zero-order valence-corrected chi connectivity index (χ0v) is 17.9. The van der Waals surface area contributed by atoms with E-state index in [1.807, 2.05) is 29.2 Å². The summed E-state index contributed by atoms with van der Waals surface area (Å²) < 4.78 is 2.26. The summed E-state index contributed by atoms with van der Waals surface area (Å²) in [4.78, 5) is 16.7. The van der Waals surface area contributed by atoms with Gasteiger partial charge in [0.2, 0.25) is 5.91 Å². The van der Waals surface area contributed by atoms with Gasteiger partial charge < -0.3 is 4.90 Å². The van der Waals surface area contributed by atoms with E-state index < -0.39 is 0 Å². The second kappa shape index (κ2) is 8.32. The van der Waals surface area contributed by atoms with Crippen molar-refractivity contribution in [2.75, 3.05) is 13.1 Å². The molecule has 0 N–H and O–H groups in total. The Morgan fingerprint density at radius 1 is 1.03 bits per heavy atom. The van der Waals surface area contributed by atoms with Crippen LogP contribution >= 0.6 is 23.1 Å². The van der Waals surface area contributed by atoms with E-state index in [0.717, 1.165) is 60.2 Å². The minimum atomic E-state index is -0.285. The number of amides is 1. The molecule has 0 bridgehead atoms. The average Bonchev–Trinajstić information content (AvgIpc) is 3.30. The van der Waals surface area contributed by atoms with Gasteiger partial charge in [0.05, 0.1) is 4.88 Å². The lowest BCUT2D eigenvalue weighted by molar-refractivity contribution is -0.131. The highest BCUT2D eigenvalue weighted by Gasteiger charge is 2.34. The first-order valence-corrected chi connectivity index (χ1v) is 12.1. The summed E-state index contributed by atoms with van der Waals surface area (Å²) in [5, 5.41) is 11.7. The molecule has 0 unspecified atom stereocenters. The molecule has 150 valence electrons. The summed E-state index contributed by atoms with van der Waals surface area (Å²) in [7, 11) is 0. The molecule has 1 atom stereocenters. The number of hydrogen-bond donors (Lipinski definition) is 0. The number of piperidine rings is 1. The SMILES string of the molecule is O=C([C@@H](Sc1nnc(-c2cccs2)n1C1CC1)c1ccccc1)N1CCCCC1. The van der Waals surface area contributed by atoms with Gasteiger partial charge in [0, 0.05) is 19.1 Å². The maximum Gasteiger partial charge on any atom is 0.240 e. The van der Waals surface area contributed by atoms with Crippen molar-refractivity contribution in [3.63, 3.8) is 0 Å². The molecule has 29 heavy (non-hydrogen) atoms. The first-order chi connectivity index (χ1) is 14.3. The Bertz CT molecular complexity index is 960. The largest absolute Gasteiger partial charge is 0.341 e. The number of nitrogens with zero attached hydrogens (tertiary/aromatic N) is 4. The number of aromatic nitrogens is 3. The number of carbonyl (C=O) groups is 1. The van der Waals surface area contributed by atoms with Gasteiger partial charge in [-0.3, -0.25) is 9.36 Å². The number of thiophene rings is 1. The molecule has 0 spiro atoms. The third-order valence-corrected chi connectivity index (χ3v) is 7.60. The van der Waals surface area contributed by atoms with Gasteiger partial charge in [0.25, 0.3) is 0 Å². The van der Waals surface area contributed by atoms with Crippen LogP contribution in [-0.4, -0.2) is 38.7 Å². The zero-order valence-electron chi connectivity index (χ0n) is 16.2. The van der Waals surface area contributed by atoms with Crippen molar-refractivity contribution in [1.82, 2.24) is 19.7 Å². The van der Waals surface area contributed by atoms with Crippen molar-refractivity contribution >= 4 is 29.0 Å². The van der Waals surface area contributed by atoms with E-state index in [1.165, 1.54) is 6.42 Å². The minimum Gasteiger partial charge on any atom is -0.341 e. The third kappa shape index (κ3) is 3.98. The third-order valence-electron chi connectivity index (χ3n) is 5.54. The van der Waals surface area contributed by atoms with E-state index >= 15 is 0 Å². The van der Waals surface area contributed by atoms with Crippen molar-refractivity contribution in [2.45, 2.75) is 48.6 Å². The molecule has 5 nitrogen and oxygen atoms in total. The molecule has 7 heteroatoms. The lowest BCUT2D eigenvalue weighted by Gasteiger charge is -2.30. The smallest absolute Gasteiger partial charge is 0.240 e. The second-order valence-corrected chi connectivity index (χ2v) is 9.70. The van der Waals surface area contributed by atoms with Gasteiger partial charge in [0.1, 0.15) is 5.25 Å². The molecule has 2 aliphatic rings. The van der Waals surface area contributed by atoms with Crippen LogP contribution in [0.25, 0.3) is 10.7 Å². The monoisotopic (exact) mass is 424 g/mol. The van der Waals surface area contributed by atoms with Crippen LogP contribution in [0.3, 0.4) is 0 Å². The van der Waals surface area contributed by atoms with Gasteiger partial charge in [-0.05, 0) is 49.1 Å². The Hall–Kier alpha value is -2.12. The molecular weight excluding hydrogens is 400 g/mol. The molecule has 2 fully saturated rings. The fourth-order valence-corrected chi connectivity index (χ4v) is 5.76. The normalized spacial score (nSPS) is 18.0. The second-order valence-electron chi connectivity index (χ2n) is 7.68. The van der Waals surface area contributed by atoms with Crippen LogP contribution in [0, 0.1) is 0 Å². The lowest BCUT2D eigenvalue weighted by Crippen LogP contribution is -2.38. The number of benzene rings is 1. The number of thioether (sulfide) groups is 1. The molecule has 2 aromatic heterocycles. The lowest BCUT2D eigenvalue weighted by atomic mass is 10.1. The topological polar surface area (TPSA) is 51.0 Å². The van der Waals surface area contributed by atoms with Crippen LogP contribution in [0.2, 0.25) is 0 Å². The predicted molar refractivity (Wildman–Crippen MR) is 117 cm³/mol. The highest BCUT2D eigenvalue weighted by atomic mass is 32.2. The molecule has 3 heterocycles.